The van der Waals surface area contributed by atoms with Gasteiger partial charge < -0.3 is 24.7 Å². The van der Waals surface area contributed by atoms with Gasteiger partial charge >= 0.3 is 11.8 Å². The van der Waals surface area contributed by atoms with E-state index in [4.69, 9.17) is 9.47 Å². The zero-order valence-corrected chi connectivity index (χ0v) is 18.5. The highest BCUT2D eigenvalue weighted by Gasteiger charge is 2.25. The number of carbonyl (C=O) groups is 2. The lowest BCUT2D eigenvalue weighted by Gasteiger charge is -2.31. The number of hydrogen-bond acceptors (Lipinski definition) is 5. The molecule has 2 amide bonds. The second-order valence-electron chi connectivity index (χ2n) is 7.74. The average molecular weight is 429 g/mol. The summed E-state index contributed by atoms with van der Waals surface area (Å²) in [6.45, 7) is 2.35. The first-order chi connectivity index (χ1) is 15.0. The van der Waals surface area contributed by atoms with E-state index in [0.29, 0.717) is 23.7 Å². The Balaban J connectivity index is 1.64. The van der Waals surface area contributed by atoms with Gasteiger partial charge in [0.05, 0.1) is 20.3 Å². The third-order valence-electron chi connectivity index (χ3n) is 5.71. The smallest absolute Gasteiger partial charge is 0.313 e. The molecule has 1 atom stereocenters. The molecule has 1 saturated heterocycles. The maximum absolute atomic E-state index is 12.5. The number of methoxy groups -OCH3 is 2. The predicted octanol–water partition coefficient (Wildman–Crippen LogP) is 2.71. The van der Waals surface area contributed by atoms with E-state index in [2.05, 4.69) is 26.2 Å². The first-order valence-corrected chi connectivity index (χ1v) is 10.7. The first-order valence-electron chi connectivity index (χ1n) is 10.7. The Morgan fingerprint density at radius 2 is 1.71 bits per heavy atom. The van der Waals surface area contributed by atoms with Crippen LogP contribution in [0.5, 0.6) is 11.5 Å². The van der Waals surface area contributed by atoms with Gasteiger partial charge in [0, 0.05) is 37.2 Å². The van der Waals surface area contributed by atoms with Gasteiger partial charge in [-0.25, -0.2) is 0 Å². The number of ether oxygens (including phenoxy) is 2. The van der Waals surface area contributed by atoms with Gasteiger partial charge in [0.25, 0.3) is 0 Å². The van der Waals surface area contributed by atoms with Crippen LogP contribution in [0.3, 0.4) is 0 Å². The fraction of sp³-hybridized carbons (Fsp3) is 0.478. The molecule has 0 spiro atoms. The second-order valence-corrected chi connectivity index (χ2v) is 7.74. The molecular formula is C23H32N4O4. The molecule has 2 heterocycles. The summed E-state index contributed by atoms with van der Waals surface area (Å²) in [6.07, 6.45) is 6.77. The highest BCUT2D eigenvalue weighted by Crippen LogP contribution is 2.29. The van der Waals surface area contributed by atoms with Crippen molar-refractivity contribution in [3.8, 4) is 11.5 Å². The summed E-state index contributed by atoms with van der Waals surface area (Å²) in [5, 5.41) is 5.45. The number of benzene rings is 1. The highest BCUT2D eigenvalue weighted by molar-refractivity contribution is 6.39. The molecule has 1 aromatic carbocycles. The van der Waals surface area contributed by atoms with E-state index < -0.39 is 11.8 Å². The normalized spacial score (nSPS) is 15.6. The van der Waals surface area contributed by atoms with Crippen molar-refractivity contribution < 1.29 is 19.1 Å². The molecule has 0 saturated carbocycles. The number of nitrogens with zero attached hydrogens (tertiary/aromatic N) is 2. The lowest BCUT2D eigenvalue weighted by molar-refractivity contribution is -0.136. The van der Waals surface area contributed by atoms with Crippen molar-refractivity contribution >= 4 is 17.5 Å². The molecule has 0 aliphatic carbocycles. The summed E-state index contributed by atoms with van der Waals surface area (Å²) in [5.74, 6) is -0.351. The third-order valence-corrected chi connectivity index (χ3v) is 5.71. The van der Waals surface area contributed by atoms with Crippen LogP contribution in [0.1, 0.15) is 37.4 Å². The summed E-state index contributed by atoms with van der Waals surface area (Å²) < 4.78 is 12.5. The summed E-state index contributed by atoms with van der Waals surface area (Å²) in [5.41, 5.74) is 1.59. The Kier molecular flexibility index (Phi) is 7.94. The van der Waals surface area contributed by atoms with Crippen LogP contribution in [0.4, 0.5) is 5.69 Å². The van der Waals surface area contributed by atoms with E-state index >= 15 is 0 Å². The number of aromatic nitrogens is 1. The predicted molar refractivity (Wildman–Crippen MR) is 119 cm³/mol. The van der Waals surface area contributed by atoms with Gasteiger partial charge in [0.2, 0.25) is 0 Å². The van der Waals surface area contributed by atoms with Crippen molar-refractivity contribution in [1.29, 1.82) is 0 Å². The van der Waals surface area contributed by atoms with Crippen molar-refractivity contribution in [2.45, 2.75) is 31.7 Å². The molecule has 8 nitrogen and oxygen atoms in total. The minimum absolute atomic E-state index is 0.0240. The lowest BCUT2D eigenvalue weighted by atomic mass is 10.1. The van der Waals surface area contributed by atoms with Crippen molar-refractivity contribution in [3.63, 3.8) is 0 Å². The van der Waals surface area contributed by atoms with E-state index in [-0.39, 0.29) is 6.04 Å². The summed E-state index contributed by atoms with van der Waals surface area (Å²) in [4.78, 5) is 27.4. The van der Waals surface area contributed by atoms with Gasteiger partial charge in [-0.2, -0.15) is 0 Å². The fourth-order valence-electron chi connectivity index (χ4n) is 4.02. The van der Waals surface area contributed by atoms with Crippen molar-refractivity contribution in [2.24, 2.45) is 7.05 Å². The van der Waals surface area contributed by atoms with E-state index in [1.807, 2.05) is 19.3 Å². The minimum atomic E-state index is -0.714. The molecule has 2 N–H and O–H groups in total. The molecule has 1 aliphatic heterocycles. The van der Waals surface area contributed by atoms with Crippen LogP contribution < -0.4 is 20.1 Å². The number of anilines is 1. The number of hydrogen-bond donors (Lipinski definition) is 2. The van der Waals surface area contributed by atoms with Gasteiger partial charge in [0.15, 0.2) is 11.5 Å². The Bertz CT molecular complexity index is 887. The van der Waals surface area contributed by atoms with Crippen molar-refractivity contribution in [1.82, 2.24) is 14.8 Å². The van der Waals surface area contributed by atoms with E-state index in [0.717, 1.165) is 31.6 Å². The number of carbonyl (C=O) groups excluding carboxylic acids is 2. The van der Waals surface area contributed by atoms with Crippen LogP contribution in [0.15, 0.2) is 36.5 Å². The SMILES string of the molecule is COc1ccc(NC(=O)C(=O)NCC(c2cccn2C)N2CCCCCC2)cc1OC. The van der Waals surface area contributed by atoms with Crippen LogP contribution in [-0.2, 0) is 16.6 Å². The molecule has 1 unspecified atom stereocenters. The van der Waals surface area contributed by atoms with Crippen LogP contribution in [0.2, 0.25) is 0 Å². The number of nitrogens with one attached hydrogen (secondary N) is 2. The third kappa shape index (κ3) is 5.79. The standard InChI is InChI=1S/C23H32N4O4/c1-26-12-8-9-18(26)19(27-13-6-4-5-7-14-27)16-24-22(28)23(29)25-17-10-11-20(30-2)21(15-17)31-3/h8-12,15,19H,4-7,13-14,16H2,1-3H3,(H,24,28)(H,25,29). The van der Waals surface area contributed by atoms with E-state index in [1.54, 1.807) is 18.2 Å². The zero-order valence-electron chi connectivity index (χ0n) is 18.5. The molecule has 1 aliphatic rings. The molecule has 8 heteroatoms. The van der Waals surface area contributed by atoms with E-state index in [9.17, 15) is 9.59 Å². The highest BCUT2D eigenvalue weighted by atomic mass is 16.5. The van der Waals surface area contributed by atoms with Crippen molar-refractivity contribution in [2.75, 3.05) is 39.2 Å². The number of amides is 2. The summed E-state index contributed by atoms with van der Waals surface area (Å²) in [6, 6.07) is 9.06. The quantitative estimate of drug-likeness (QED) is 0.663. The molecule has 2 aromatic rings. The maximum Gasteiger partial charge on any atom is 0.313 e. The van der Waals surface area contributed by atoms with E-state index in [1.165, 1.54) is 27.1 Å². The molecule has 1 aromatic heterocycles. The van der Waals surface area contributed by atoms with Gasteiger partial charge in [-0.05, 0) is 50.2 Å². The molecular weight excluding hydrogens is 396 g/mol. The molecule has 1 fully saturated rings. The number of aryl methyl sites for hydroxylation is 1. The average Bonchev–Trinajstić information content (AvgIpc) is 3.02. The monoisotopic (exact) mass is 428 g/mol. The Morgan fingerprint density at radius 3 is 2.32 bits per heavy atom. The summed E-state index contributed by atoms with van der Waals surface area (Å²) >= 11 is 0. The topological polar surface area (TPSA) is 84.8 Å². The maximum atomic E-state index is 12.5. The van der Waals surface area contributed by atoms with Crippen LogP contribution in [-0.4, -0.2) is 55.1 Å². The molecule has 168 valence electrons. The Hall–Kier alpha value is -3.00. The Morgan fingerprint density at radius 1 is 1.00 bits per heavy atom. The van der Waals surface area contributed by atoms with Crippen LogP contribution in [0, 0.1) is 0 Å². The van der Waals surface area contributed by atoms with Gasteiger partial charge in [0.1, 0.15) is 0 Å². The molecule has 3 rings (SSSR count). The minimum Gasteiger partial charge on any atom is -0.493 e. The van der Waals surface area contributed by atoms with Crippen molar-refractivity contribution in [3.05, 3.63) is 42.2 Å². The molecule has 0 bridgehead atoms. The van der Waals surface area contributed by atoms with Crippen LogP contribution in [0.25, 0.3) is 0 Å². The number of rotatable bonds is 7. The zero-order chi connectivity index (χ0) is 22.2. The van der Waals surface area contributed by atoms with Gasteiger partial charge in [-0.15, -0.1) is 0 Å². The molecule has 0 radical (unpaired) electrons. The second kappa shape index (κ2) is 10.9. The fourth-order valence-corrected chi connectivity index (χ4v) is 4.02. The van der Waals surface area contributed by atoms with Crippen LogP contribution >= 0.6 is 0 Å². The Labute approximate surface area is 183 Å². The number of likely N-dealkylation sites (tertiary alicyclic amines) is 1. The largest absolute Gasteiger partial charge is 0.493 e. The lowest BCUT2D eigenvalue weighted by Crippen LogP contribution is -2.42. The first kappa shape index (κ1) is 22.7. The van der Waals surface area contributed by atoms with Gasteiger partial charge in [-0.1, -0.05) is 12.8 Å². The molecule has 31 heavy (non-hydrogen) atoms. The van der Waals surface area contributed by atoms with Gasteiger partial charge in [-0.3, -0.25) is 14.5 Å². The summed E-state index contributed by atoms with van der Waals surface area (Å²) in [7, 11) is 5.06.